The molecule has 1 aliphatic rings. The third-order valence-corrected chi connectivity index (χ3v) is 6.20. The second-order valence-electron chi connectivity index (χ2n) is 7.37. The Morgan fingerprint density at radius 2 is 2.07 bits per heavy atom. The zero-order valence-corrected chi connectivity index (χ0v) is 17.0. The molecular formula is C20H23N5O2S. The van der Waals surface area contributed by atoms with Crippen LogP contribution in [0, 0.1) is 12.8 Å². The van der Waals surface area contributed by atoms with Crippen molar-refractivity contribution in [3.8, 4) is 10.6 Å². The predicted octanol–water partition coefficient (Wildman–Crippen LogP) is 2.74. The number of hydrogen-bond donors (Lipinski definition) is 0. The molecule has 0 bridgehead atoms. The molecule has 1 amide bonds. The fraction of sp³-hybridized carbons (Fsp3) is 0.400. The normalized spacial score (nSPS) is 19.8. The summed E-state index contributed by atoms with van der Waals surface area (Å²) in [5, 5.41) is 10.9. The number of nitrogens with zero attached hydrogens (tertiary/aromatic N) is 5. The summed E-state index contributed by atoms with van der Waals surface area (Å²) in [6.45, 7) is 5.11. The number of carbonyl (C=O) groups is 1. The first kappa shape index (κ1) is 18.6. The van der Waals surface area contributed by atoms with Gasteiger partial charge in [0, 0.05) is 32.4 Å². The Bertz CT molecular complexity index is 1050. The van der Waals surface area contributed by atoms with E-state index in [9.17, 15) is 9.59 Å². The molecule has 7 nitrogen and oxygen atoms in total. The van der Waals surface area contributed by atoms with Crippen LogP contribution in [-0.4, -0.2) is 43.5 Å². The maximum atomic E-state index is 12.9. The number of carbonyl (C=O) groups excluding carboxylic acids is 1. The zero-order chi connectivity index (χ0) is 19.8. The molecule has 1 saturated heterocycles. The van der Waals surface area contributed by atoms with Gasteiger partial charge in [0.15, 0.2) is 0 Å². The van der Waals surface area contributed by atoms with Crippen molar-refractivity contribution in [2.75, 3.05) is 13.1 Å². The van der Waals surface area contributed by atoms with Crippen molar-refractivity contribution in [1.82, 2.24) is 24.5 Å². The topological polar surface area (TPSA) is 73.0 Å². The van der Waals surface area contributed by atoms with Crippen molar-refractivity contribution < 1.29 is 4.79 Å². The average Bonchev–Trinajstić information content (AvgIpc) is 3.31. The van der Waals surface area contributed by atoms with Gasteiger partial charge in [-0.1, -0.05) is 13.0 Å². The molecule has 2 unspecified atom stereocenters. The molecular weight excluding hydrogens is 374 g/mol. The van der Waals surface area contributed by atoms with Crippen molar-refractivity contribution in [3.63, 3.8) is 0 Å². The number of aromatic nitrogens is 4. The molecule has 0 radical (unpaired) electrons. The van der Waals surface area contributed by atoms with Crippen molar-refractivity contribution in [2.45, 2.75) is 26.3 Å². The van der Waals surface area contributed by atoms with Gasteiger partial charge >= 0.3 is 0 Å². The fourth-order valence-electron chi connectivity index (χ4n) is 3.88. The second kappa shape index (κ2) is 7.35. The Balaban J connectivity index is 1.55. The molecule has 2 atom stereocenters. The SMILES string of the molecule is Cc1nn(C)cc1C(=O)N1CCC(n2nc(-c3cccs3)ccc2=O)C(C)C1. The maximum Gasteiger partial charge on any atom is 0.267 e. The van der Waals surface area contributed by atoms with Crippen LogP contribution in [0.4, 0.5) is 0 Å². The van der Waals surface area contributed by atoms with Crippen LogP contribution in [0.5, 0.6) is 0 Å². The minimum absolute atomic E-state index is 0.00328. The monoisotopic (exact) mass is 397 g/mol. The van der Waals surface area contributed by atoms with Crippen LogP contribution in [0.15, 0.2) is 40.6 Å². The van der Waals surface area contributed by atoms with E-state index in [1.54, 1.807) is 39.0 Å². The Morgan fingerprint density at radius 1 is 1.25 bits per heavy atom. The van der Waals surface area contributed by atoms with Crippen LogP contribution in [0.1, 0.15) is 35.4 Å². The summed E-state index contributed by atoms with van der Waals surface area (Å²) in [6.07, 6.45) is 2.47. The van der Waals surface area contributed by atoms with Gasteiger partial charge in [0.1, 0.15) is 5.69 Å². The van der Waals surface area contributed by atoms with E-state index in [0.717, 1.165) is 16.3 Å². The Kier molecular flexibility index (Phi) is 4.89. The van der Waals surface area contributed by atoms with E-state index in [4.69, 9.17) is 0 Å². The number of thiophene rings is 1. The summed E-state index contributed by atoms with van der Waals surface area (Å²) in [7, 11) is 1.82. The van der Waals surface area contributed by atoms with Crippen LogP contribution < -0.4 is 5.56 Å². The van der Waals surface area contributed by atoms with E-state index in [-0.39, 0.29) is 23.4 Å². The van der Waals surface area contributed by atoms with Gasteiger partial charge in [-0.2, -0.15) is 10.2 Å². The number of piperidine rings is 1. The summed E-state index contributed by atoms with van der Waals surface area (Å²) in [4.78, 5) is 28.3. The summed E-state index contributed by atoms with van der Waals surface area (Å²) in [6, 6.07) is 7.32. The Labute approximate surface area is 167 Å². The summed E-state index contributed by atoms with van der Waals surface area (Å²) < 4.78 is 3.27. The molecule has 28 heavy (non-hydrogen) atoms. The van der Waals surface area contributed by atoms with Crippen LogP contribution in [0.2, 0.25) is 0 Å². The van der Waals surface area contributed by atoms with Gasteiger partial charge < -0.3 is 4.90 Å². The van der Waals surface area contributed by atoms with Crippen LogP contribution in [0.3, 0.4) is 0 Å². The lowest BCUT2D eigenvalue weighted by Crippen LogP contribution is -2.45. The quantitative estimate of drug-likeness (QED) is 0.681. The van der Waals surface area contributed by atoms with E-state index < -0.39 is 0 Å². The molecule has 4 rings (SSSR count). The van der Waals surface area contributed by atoms with Gasteiger partial charge in [0.2, 0.25) is 0 Å². The molecule has 1 aliphatic heterocycles. The molecule has 0 aliphatic carbocycles. The average molecular weight is 398 g/mol. The van der Waals surface area contributed by atoms with Gasteiger partial charge in [0.25, 0.3) is 11.5 Å². The highest BCUT2D eigenvalue weighted by atomic mass is 32.1. The molecule has 4 heterocycles. The van der Waals surface area contributed by atoms with Gasteiger partial charge in [0.05, 0.1) is 22.2 Å². The van der Waals surface area contributed by atoms with E-state index >= 15 is 0 Å². The fourth-order valence-corrected chi connectivity index (χ4v) is 4.57. The molecule has 0 N–H and O–H groups in total. The first-order valence-corrected chi connectivity index (χ1v) is 10.3. The molecule has 146 valence electrons. The lowest BCUT2D eigenvalue weighted by Gasteiger charge is -2.37. The van der Waals surface area contributed by atoms with Crippen molar-refractivity contribution >= 4 is 17.2 Å². The first-order chi connectivity index (χ1) is 13.4. The first-order valence-electron chi connectivity index (χ1n) is 9.37. The lowest BCUT2D eigenvalue weighted by atomic mass is 9.93. The highest BCUT2D eigenvalue weighted by Crippen LogP contribution is 2.29. The smallest absolute Gasteiger partial charge is 0.267 e. The number of amides is 1. The van der Waals surface area contributed by atoms with Crippen LogP contribution >= 0.6 is 11.3 Å². The number of aryl methyl sites for hydroxylation is 2. The van der Waals surface area contributed by atoms with Gasteiger partial charge in [-0.05, 0) is 36.8 Å². The predicted molar refractivity (Wildman–Crippen MR) is 108 cm³/mol. The van der Waals surface area contributed by atoms with E-state index in [1.807, 2.05) is 36.4 Å². The summed E-state index contributed by atoms with van der Waals surface area (Å²) >= 11 is 1.60. The van der Waals surface area contributed by atoms with Gasteiger partial charge in [-0.15, -0.1) is 11.3 Å². The standard InChI is InChI=1S/C20H23N5O2S/c1-13-11-24(20(27)15-12-23(3)21-14(15)2)9-8-17(13)25-19(26)7-6-16(22-25)18-5-4-10-28-18/h4-7,10,12-13,17H,8-9,11H2,1-3H3. The van der Waals surface area contributed by atoms with Crippen molar-refractivity contribution in [2.24, 2.45) is 13.0 Å². The van der Waals surface area contributed by atoms with Crippen LogP contribution in [0.25, 0.3) is 10.6 Å². The maximum absolute atomic E-state index is 12.9. The Morgan fingerprint density at radius 3 is 2.71 bits per heavy atom. The Hall–Kier alpha value is -2.74. The number of hydrogen-bond acceptors (Lipinski definition) is 5. The second-order valence-corrected chi connectivity index (χ2v) is 8.31. The highest BCUT2D eigenvalue weighted by Gasteiger charge is 2.32. The van der Waals surface area contributed by atoms with E-state index in [2.05, 4.69) is 17.1 Å². The van der Waals surface area contributed by atoms with Crippen molar-refractivity contribution in [3.05, 3.63) is 57.5 Å². The molecule has 1 fully saturated rings. The largest absolute Gasteiger partial charge is 0.338 e. The van der Waals surface area contributed by atoms with E-state index in [1.165, 1.54) is 0 Å². The minimum atomic E-state index is -0.0972. The summed E-state index contributed by atoms with van der Waals surface area (Å²) in [5.41, 5.74) is 2.10. The molecule has 8 heteroatoms. The zero-order valence-electron chi connectivity index (χ0n) is 16.2. The molecule has 0 spiro atoms. The van der Waals surface area contributed by atoms with Crippen LogP contribution in [-0.2, 0) is 7.05 Å². The van der Waals surface area contributed by atoms with E-state index in [0.29, 0.717) is 25.1 Å². The molecule has 3 aromatic heterocycles. The molecule has 0 aromatic carbocycles. The van der Waals surface area contributed by atoms with Gasteiger partial charge in [-0.3, -0.25) is 14.3 Å². The van der Waals surface area contributed by atoms with Crippen molar-refractivity contribution in [1.29, 1.82) is 0 Å². The summed E-state index contributed by atoms with van der Waals surface area (Å²) in [5.74, 6) is 0.127. The van der Waals surface area contributed by atoms with Gasteiger partial charge in [-0.25, -0.2) is 4.68 Å². The number of rotatable bonds is 3. The third kappa shape index (κ3) is 3.40. The minimum Gasteiger partial charge on any atom is -0.338 e. The number of likely N-dealkylation sites (tertiary alicyclic amines) is 1. The lowest BCUT2D eigenvalue weighted by molar-refractivity contribution is 0.0607. The highest BCUT2D eigenvalue weighted by molar-refractivity contribution is 7.13. The third-order valence-electron chi connectivity index (χ3n) is 5.30. The molecule has 3 aromatic rings. The molecule has 0 saturated carbocycles.